The lowest BCUT2D eigenvalue weighted by Crippen LogP contribution is -2.22. The molecule has 1 atom stereocenters. The number of rotatable bonds is 5. The number of hydrogen-bond donors (Lipinski definition) is 1. The van der Waals surface area contributed by atoms with E-state index in [0.717, 1.165) is 12.1 Å². The van der Waals surface area contributed by atoms with Crippen LogP contribution in [0.25, 0.3) is 0 Å². The first-order chi connectivity index (χ1) is 7.09. The van der Waals surface area contributed by atoms with Gasteiger partial charge in [0, 0.05) is 12.5 Å². The Hall–Kier alpha value is -1.35. The van der Waals surface area contributed by atoms with E-state index in [2.05, 4.69) is 0 Å². The van der Waals surface area contributed by atoms with E-state index < -0.39 is 5.97 Å². The molecule has 0 aromatic heterocycles. The summed E-state index contributed by atoms with van der Waals surface area (Å²) in [6.45, 7) is 0.760. The molecule has 0 aliphatic carbocycles. The molecule has 0 amide bonds. The van der Waals surface area contributed by atoms with Gasteiger partial charge in [-0.3, -0.25) is 4.79 Å². The van der Waals surface area contributed by atoms with Crippen LogP contribution in [0.3, 0.4) is 0 Å². The van der Waals surface area contributed by atoms with E-state index in [9.17, 15) is 4.79 Å². The largest absolute Gasteiger partial charge is 0.481 e. The van der Waals surface area contributed by atoms with Crippen molar-refractivity contribution in [3.8, 4) is 0 Å². The molecule has 0 radical (unpaired) electrons. The molecule has 1 rings (SSSR count). The topological polar surface area (TPSA) is 40.5 Å². The zero-order valence-electron chi connectivity index (χ0n) is 9.18. The molecule has 0 bridgehead atoms. The molecule has 0 saturated carbocycles. The number of hydrogen-bond acceptors (Lipinski definition) is 2. The Balaban J connectivity index is 2.76. The Bertz CT molecular complexity index is 309. The van der Waals surface area contributed by atoms with Gasteiger partial charge in [-0.15, -0.1) is 0 Å². The van der Waals surface area contributed by atoms with Crippen LogP contribution >= 0.6 is 0 Å². The van der Waals surface area contributed by atoms with E-state index in [1.807, 2.05) is 49.3 Å². The lowest BCUT2D eigenvalue weighted by molar-refractivity contribution is -0.137. The van der Waals surface area contributed by atoms with Crippen LogP contribution in [0.1, 0.15) is 17.9 Å². The van der Waals surface area contributed by atoms with Crippen molar-refractivity contribution in [3.63, 3.8) is 0 Å². The molecular weight excluding hydrogens is 190 g/mol. The van der Waals surface area contributed by atoms with Crippen LogP contribution in [-0.2, 0) is 4.79 Å². The molecule has 1 unspecified atom stereocenters. The van der Waals surface area contributed by atoms with Crippen LogP contribution in [0.4, 0.5) is 0 Å². The minimum absolute atomic E-state index is 0.0682. The fourth-order valence-corrected chi connectivity index (χ4v) is 1.66. The highest BCUT2D eigenvalue weighted by atomic mass is 16.4. The molecule has 0 spiro atoms. The second-order valence-electron chi connectivity index (χ2n) is 3.97. The minimum atomic E-state index is -0.745. The van der Waals surface area contributed by atoms with Crippen molar-refractivity contribution in [1.82, 2.24) is 4.90 Å². The maximum atomic E-state index is 10.7. The fraction of sp³-hybridized carbons (Fsp3) is 0.417. The monoisotopic (exact) mass is 207 g/mol. The summed E-state index contributed by atoms with van der Waals surface area (Å²) in [5.41, 5.74) is 1.09. The summed E-state index contributed by atoms with van der Waals surface area (Å²) in [5.74, 6) is -0.676. The third-order valence-corrected chi connectivity index (χ3v) is 2.28. The van der Waals surface area contributed by atoms with Crippen molar-refractivity contribution in [2.75, 3.05) is 20.6 Å². The zero-order valence-corrected chi connectivity index (χ0v) is 9.18. The molecule has 82 valence electrons. The summed E-state index contributed by atoms with van der Waals surface area (Å²) in [6.07, 6.45) is 0.183. The van der Waals surface area contributed by atoms with Gasteiger partial charge in [-0.25, -0.2) is 0 Å². The summed E-state index contributed by atoms with van der Waals surface area (Å²) >= 11 is 0. The third-order valence-electron chi connectivity index (χ3n) is 2.28. The fourth-order valence-electron chi connectivity index (χ4n) is 1.66. The second kappa shape index (κ2) is 5.51. The Morgan fingerprint density at radius 2 is 1.93 bits per heavy atom. The lowest BCUT2D eigenvalue weighted by atomic mass is 9.95. The van der Waals surface area contributed by atoms with Crippen molar-refractivity contribution < 1.29 is 9.90 Å². The molecule has 1 N–H and O–H groups in total. The van der Waals surface area contributed by atoms with Gasteiger partial charge in [0.15, 0.2) is 0 Å². The van der Waals surface area contributed by atoms with Crippen molar-refractivity contribution in [2.45, 2.75) is 12.3 Å². The van der Waals surface area contributed by atoms with E-state index in [0.29, 0.717) is 0 Å². The molecule has 3 heteroatoms. The third kappa shape index (κ3) is 4.13. The number of carboxylic acids is 1. The standard InChI is InChI=1S/C12H17NO2/c1-13(2)9-11(8-12(14)15)10-6-4-3-5-7-10/h3-7,11H,8-9H2,1-2H3,(H,14,15). The Labute approximate surface area is 90.3 Å². The normalized spacial score (nSPS) is 12.7. The van der Waals surface area contributed by atoms with Crippen molar-refractivity contribution >= 4 is 5.97 Å². The van der Waals surface area contributed by atoms with E-state index in [1.54, 1.807) is 0 Å². The summed E-state index contributed by atoms with van der Waals surface area (Å²) in [5, 5.41) is 8.84. The van der Waals surface area contributed by atoms with Crippen LogP contribution in [0.2, 0.25) is 0 Å². The average molecular weight is 207 g/mol. The van der Waals surface area contributed by atoms with Crippen LogP contribution in [-0.4, -0.2) is 36.6 Å². The number of nitrogens with zero attached hydrogens (tertiary/aromatic N) is 1. The highest BCUT2D eigenvalue weighted by molar-refractivity contribution is 5.68. The predicted molar refractivity (Wildman–Crippen MR) is 60.0 cm³/mol. The van der Waals surface area contributed by atoms with E-state index in [1.165, 1.54) is 0 Å². The molecule has 3 nitrogen and oxygen atoms in total. The minimum Gasteiger partial charge on any atom is -0.481 e. The molecule has 1 aromatic rings. The van der Waals surface area contributed by atoms with Gasteiger partial charge in [-0.1, -0.05) is 30.3 Å². The number of aliphatic carboxylic acids is 1. The highest BCUT2D eigenvalue weighted by Crippen LogP contribution is 2.19. The van der Waals surface area contributed by atoms with Gasteiger partial charge < -0.3 is 10.0 Å². The molecule has 1 aromatic carbocycles. The smallest absolute Gasteiger partial charge is 0.304 e. The van der Waals surface area contributed by atoms with Crippen LogP contribution in [0.5, 0.6) is 0 Å². The van der Waals surface area contributed by atoms with Gasteiger partial charge >= 0.3 is 5.97 Å². The first kappa shape index (κ1) is 11.7. The zero-order chi connectivity index (χ0) is 11.3. The summed E-state index contributed by atoms with van der Waals surface area (Å²) in [7, 11) is 3.91. The van der Waals surface area contributed by atoms with Crippen LogP contribution < -0.4 is 0 Å². The quantitative estimate of drug-likeness (QED) is 0.800. The van der Waals surface area contributed by atoms with E-state index >= 15 is 0 Å². The molecule has 0 heterocycles. The summed E-state index contributed by atoms with van der Waals surface area (Å²) in [4.78, 5) is 12.8. The van der Waals surface area contributed by atoms with Gasteiger partial charge in [0.05, 0.1) is 6.42 Å². The second-order valence-corrected chi connectivity index (χ2v) is 3.97. The molecule has 0 aliphatic rings. The summed E-state index contributed by atoms with van der Waals surface area (Å²) < 4.78 is 0. The van der Waals surface area contributed by atoms with Crippen molar-refractivity contribution in [3.05, 3.63) is 35.9 Å². The summed E-state index contributed by atoms with van der Waals surface area (Å²) in [6, 6.07) is 9.80. The first-order valence-corrected chi connectivity index (χ1v) is 5.01. The maximum absolute atomic E-state index is 10.7. The molecule has 0 aliphatic heterocycles. The van der Waals surface area contributed by atoms with Gasteiger partial charge in [0.1, 0.15) is 0 Å². The first-order valence-electron chi connectivity index (χ1n) is 5.01. The van der Waals surface area contributed by atoms with E-state index in [-0.39, 0.29) is 12.3 Å². The van der Waals surface area contributed by atoms with Gasteiger partial charge in [0.25, 0.3) is 0 Å². The Morgan fingerprint density at radius 1 is 1.33 bits per heavy atom. The van der Waals surface area contributed by atoms with Crippen LogP contribution in [0.15, 0.2) is 30.3 Å². The Kier molecular flexibility index (Phi) is 4.31. The lowest BCUT2D eigenvalue weighted by Gasteiger charge is -2.19. The van der Waals surface area contributed by atoms with E-state index in [4.69, 9.17) is 5.11 Å². The maximum Gasteiger partial charge on any atom is 0.304 e. The molecular formula is C12H17NO2. The molecule has 0 saturated heterocycles. The predicted octanol–water partition coefficient (Wildman–Crippen LogP) is 1.81. The molecule has 15 heavy (non-hydrogen) atoms. The van der Waals surface area contributed by atoms with Crippen LogP contribution in [0, 0.1) is 0 Å². The van der Waals surface area contributed by atoms with Crippen molar-refractivity contribution in [1.29, 1.82) is 0 Å². The average Bonchev–Trinajstić information content (AvgIpc) is 2.17. The number of benzene rings is 1. The highest BCUT2D eigenvalue weighted by Gasteiger charge is 2.15. The number of carboxylic acid groups (broad SMARTS) is 1. The van der Waals surface area contributed by atoms with Gasteiger partial charge in [-0.2, -0.15) is 0 Å². The number of carbonyl (C=O) groups is 1. The number of likely N-dealkylation sites (N-methyl/N-ethyl adjacent to an activating group) is 1. The molecule has 0 fully saturated rings. The Morgan fingerprint density at radius 3 is 2.40 bits per heavy atom. The van der Waals surface area contributed by atoms with Gasteiger partial charge in [0.2, 0.25) is 0 Å². The van der Waals surface area contributed by atoms with Gasteiger partial charge in [-0.05, 0) is 19.7 Å². The SMILES string of the molecule is CN(C)CC(CC(=O)O)c1ccccc1. The van der Waals surface area contributed by atoms with Crippen molar-refractivity contribution in [2.24, 2.45) is 0 Å².